The van der Waals surface area contributed by atoms with Crippen molar-refractivity contribution in [2.24, 2.45) is 0 Å². The Morgan fingerprint density at radius 2 is 1.95 bits per heavy atom. The molecule has 0 saturated carbocycles. The van der Waals surface area contributed by atoms with E-state index in [2.05, 4.69) is 25.2 Å². The molecule has 106 valence electrons. The molecule has 0 aromatic heterocycles. The normalized spacial score (nSPS) is 23.6. The number of rotatable bonds is 4. The lowest BCUT2D eigenvalue weighted by Gasteiger charge is -2.29. The molecule has 0 radical (unpaired) electrons. The van der Waals surface area contributed by atoms with Crippen molar-refractivity contribution in [3.8, 4) is 5.75 Å². The molecule has 0 bridgehead atoms. The maximum absolute atomic E-state index is 5.75. The van der Waals surface area contributed by atoms with Crippen LogP contribution in [0.4, 0.5) is 0 Å². The molecule has 4 nitrogen and oxygen atoms in total. The van der Waals surface area contributed by atoms with Crippen molar-refractivity contribution >= 4 is 0 Å². The summed E-state index contributed by atoms with van der Waals surface area (Å²) in [5.74, 6) is 1.33. The molecule has 2 rings (SSSR count). The van der Waals surface area contributed by atoms with Gasteiger partial charge in [0.25, 0.3) is 0 Å². The number of ether oxygens (including phenoxy) is 3. The number of benzene rings is 1. The highest BCUT2D eigenvalue weighted by Crippen LogP contribution is 2.31. The smallest absolute Gasteiger partial charge is 0.183 e. The van der Waals surface area contributed by atoms with Gasteiger partial charge in [-0.1, -0.05) is 19.9 Å². The Bertz CT molecular complexity index is 412. The van der Waals surface area contributed by atoms with E-state index in [1.807, 2.05) is 19.2 Å². The largest absolute Gasteiger partial charge is 0.496 e. The first-order valence-corrected chi connectivity index (χ1v) is 6.74. The Morgan fingerprint density at radius 3 is 2.47 bits per heavy atom. The Labute approximate surface area is 115 Å². The van der Waals surface area contributed by atoms with E-state index in [9.17, 15) is 0 Å². The van der Waals surface area contributed by atoms with E-state index in [1.54, 1.807) is 7.11 Å². The number of hydrogen-bond donors (Lipinski definition) is 1. The molecule has 0 spiro atoms. The lowest BCUT2D eigenvalue weighted by atomic mass is 9.99. The van der Waals surface area contributed by atoms with Gasteiger partial charge in [0.15, 0.2) is 6.29 Å². The Balaban J connectivity index is 2.15. The summed E-state index contributed by atoms with van der Waals surface area (Å²) in [4.78, 5) is 0. The monoisotopic (exact) mass is 265 g/mol. The van der Waals surface area contributed by atoms with E-state index in [4.69, 9.17) is 14.2 Å². The van der Waals surface area contributed by atoms with Gasteiger partial charge in [0.05, 0.1) is 26.4 Å². The summed E-state index contributed by atoms with van der Waals surface area (Å²) < 4.78 is 16.9. The summed E-state index contributed by atoms with van der Waals surface area (Å²) in [7, 11) is 3.62. The summed E-state index contributed by atoms with van der Waals surface area (Å²) in [5, 5.41) is 3.15. The average Bonchev–Trinajstić information content (AvgIpc) is 2.46. The van der Waals surface area contributed by atoms with Gasteiger partial charge < -0.3 is 19.5 Å². The van der Waals surface area contributed by atoms with Crippen molar-refractivity contribution in [1.82, 2.24) is 5.32 Å². The van der Waals surface area contributed by atoms with Crippen molar-refractivity contribution in [1.29, 1.82) is 0 Å². The van der Waals surface area contributed by atoms with E-state index in [-0.39, 0.29) is 12.3 Å². The van der Waals surface area contributed by atoms with Crippen LogP contribution in [0.5, 0.6) is 5.75 Å². The lowest BCUT2D eigenvalue weighted by molar-refractivity contribution is -0.193. The highest BCUT2D eigenvalue weighted by atomic mass is 16.7. The second-order valence-corrected chi connectivity index (χ2v) is 5.14. The molecule has 19 heavy (non-hydrogen) atoms. The van der Waals surface area contributed by atoms with E-state index >= 15 is 0 Å². The SMILES string of the molecule is CNC1COC(c2ccc(OC)c(C(C)C)c2)OC1. The molecule has 0 aliphatic carbocycles. The predicted molar refractivity (Wildman–Crippen MR) is 74.6 cm³/mol. The van der Waals surface area contributed by atoms with Gasteiger partial charge in [0.2, 0.25) is 0 Å². The maximum Gasteiger partial charge on any atom is 0.183 e. The van der Waals surface area contributed by atoms with Gasteiger partial charge in [0, 0.05) is 5.56 Å². The zero-order valence-corrected chi connectivity index (χ0v) is 12.1. The van der Waals surface area contributed by atoms with E-state index in [0.29, 0.717) is 19.1 Å². The van der Waals surface area contributed by atoms with Gasteiger partial charge in [-0.25, -0.2) is 0 Å². The van der Waals surface area contributed by atoms with Crippen molar-refractivity contribution in [2.75, 3.05) is 27.4 Å². The zero-order chi connectivity index (χ0) is 13.8. The molecular weight excluding hydrogens is 242 g/mol. The van der Waals surface area contributed by atoms with Crippen LogP contribution in [-0.4, -0.2) is 33.4 Å². The summed E-state index contributed by atoms with van der Waals surface area (Å²) in [5.41, 5.74) is 2.24. The standard InChI is InChI=1S/C15H23NO3/c1-10(2)13-7-11(5-6-14(13)17-4)15-18-8-12(16-3)9-19-15/h5-7,10,12,15-16H,8-9H2,1-4H3. The number of hydrogen-bond acceptors (Lipinski definition) is 4. The van der Waals surface area contributed by atoms with Gasteiger partial charge in [0.1, 0.15) is 5.75 Å². The second-order valence-electron chi connectivity index (χ2n) is 5.14. The van der Waals surface area contributed by atoms with Gasteiger partial charge in [-0.3, -0.25) is 0 Å². The molecule has 0 amide bonds. The van der Waals surface area contributed by atoms with Crippen LogP contribution in [0.1, 0.15) is 37.2 Å². The molecule has 4 heteroatoms. The topological polar surface area (TPSA) is 39.7 Å². The maximum atomic E-state index is 5.75. The van der Waals surface area contributed by atoms with Gasteiger partial charge in [-0.15, -0.1) is 0 Å². The third kappa shape index (κ3) is 3.26. The number of likely N-dealkylation sites (N-methyl/N-ethyl adjacent to an activating group) is 1. The van der Waals surface area contributed by atoms with Crippen LogP contribution in [0.15, 0.2) is 18.2 Å². The van der Waals surface area contributed by atoms with Crippen LogP contribution in [-0.2, 0) is 9.47 Å². The number of nitrogens with one attached hydrogen (secondary N) is 1. The van der Waals surface area contributed by atoms with Crippen molar-refractivity contribution in [3.05, 3.63) is 29.3 Å². The van der Waals surface area contributed by atoms with Gasteiger partial charge in [-0.2, -0.15) is 0 Å². The van der Waals surface area contributed by atoms with E-state index in [1.165, 1.54) is 5.56 Å². The first kappa shape index (κ1) is 14.3. The van der Waals surface area contributed by atoms with Crippen molar-refractivity contribution in [2.45, 2.75) is 32.1 Å². The summed E-state index contributed by atoms with van der Waals surface area (Å²) in [6, 6.07) is 6.39. The first-order valence-electron chi connectivity index (χ1n) is 6.74. The quantitative estimate of drug-likeness (QED) is 0.907. The fourth-order valence-corrected chi connectivity index (χ4v) is 2.21. The zero-order valence-electron chi connectivity index (χ0n) is 12.1. The van der Waals surface area contributed by atoms with Crippen molar-refractivity contribution in [3.63, 3.8) is 0 Å². The van der Waals surface area contributed by atoms with Gasteiger partial charge in [-0.05, 0) is 30.7 Å². The second kappa shape index (κ2) is 6.37. The molecule has 0 unspecified atom stereocenters. The molecule has 1 N–H and O–H groups in total. The molecular formula is C15H23NO3. The Kier molecular flexibility index (Phi) is 4.80. The molecule has 1 aliphatic heterocycles. The minimum absolute atomic E-state index is 0.270. The molecule has 1 aromatic rings. The van der Waals surface area contributed by atoms with Crippen LogP contribution >= 0.6 is 0 Å². The fourth-order valence-electron chi connectivity index (χ4n) is 2.21. The molecule has 1 aliphatic rings. The fraction of sp³-hybridized carbons (Fsp3) is 0.600. The average molecular weight is 265 g/mol. The molecule has 1 saturated heterocycles. The third-order valence-corrected chi connectivity index (χ3v) is 3.45. The number of methoxy groups -OCH3 is 1. The Morgan fingerprint density at radius 1 is 1.26 bits per heavy atom. The van der Waals surface area contributed by atoms with Crippen LogP contribution in [0.2, 0.25) is 0 Å². The minimum Gasteiger partial charge on any atom is -0.496 e. The minimum atomic E-state index is -0.270. The summed E-state index contributed by atoms with van der Waals surface area (Å²) in [6.07, 6.45) is -0.270. The summed E-state index contributed by atoms with van der Waals surface area (Å²) in [6.45, 7) is 5.65. The molecule has 1 heterocycles. The van der Waals surface area contributed by atoms with Crippen LogP contribution in [0, 0.1) is 0 Å². The lowest BCUT2D eigenvalue weighted by Crippen LogP contribution is -2.40. The Hall–Kier alpha value is -1.10. The van der Waals surface area contributed by atoms with Crippen LogP contribution in [0.3, 0.4) is 0 Å². The van der Waals surface area contributed by atoms with Crippen LogP contribution < -0.4 is 10.1 Å². The molecule has 1 fully saturated rings. The van der Waals surface area contributed by atoms with Crippen molar-refractivity contribution < 1.29 is 14.2 Å². The molecule has 1 aromatic carbocycles. The van der Waals surface area contributed by atoms with E-state index in [0.717, 1.165) is 11.3 Å². The predicted octanol–water partition coefficient (Wildman–Crippen LogP) is 2.45. The highest BCUT2D eigenvalue weighted by Gasteiger charge is 2.23. The molecule has 0 atom stereocenters. The summed E-state index contributed by atoms with van der Waals surface area (Å²) >= 11 is 0. The first-order chi connectivity index (χ1) is 9.15. The third-order valence-electron chi connectivity index (χ3n) is 3.45. The van der Waals surface area contributed by atoms with E-state index < -0.39 is 0 Å². The highest BCUT2D eigenvalue weighted by molar-refractivity contribution is 5.39. The van der Waals surface area contributed by atoms with Gasteiger partial charge >= 0.3 is 0 Å². The van der Waals surface area contributed by atoms with Crippen LogP contribution in [0.25, 0.3) is 0 Å².